The molecule has 0 spiro atoms. The fraction of sp³-hybridized carbons (Fsp3) is 0. The Hall–Kier alpha value is -2.98. The molecule has 24 heavy (non-hydrogen) atoms. The van der Waals surface area contributed by atoms with Crippen LogP contribution < -0.4 is 5.32 Å². The zero-order chi connectivity index (χ0) is 16.4. The average molecular weight is 330 g/mol. The van der Waals surface area contributed by atoms with E-state index in [0.717, 1.165) is 26.9 Å². The number of carbonyl (C=O) groups is 1. The van der Waals surface area contributed by atoms with Crippen molar-refractivity contribution in [2.45, 2.75) is 0 Å². The molecule has 0 bridgehead atoms. The molecule has 4 aromatic rings. The Bertz CT molecular complexity index is 1010. The molecule has 0 unspecified atom stereocenters. The number of benzene rings is 2. The van der Waals surface area contributed by atoms with E-state index in [9.17, 15) is 4.79 Å². The number of amides is 1. The predicted molar refractivity (Wildman–Crippen MR) is 99.5 cm³/mol. The van der Waals surface area contributed by atoms with Gasteiger partial charge < -0.3 is 5.32 Å². The minimum Gasteiger partial charge on any atom is -0.321 e. The van der Waals surface area contributed by atoms with Crippen molar-refractivity contribution in [3.8, 4) is 10.4 Å². The lowest BCUT2D eigenvalue weighted by atomic mass is 10.1. The minimum absolute atomic E-state index is 0.0874. The molecule has 0 aliphatic carbocycles. The van der Waals surface area contributed by atoms with E-state index in [1.54, 1.807) is 12.4 Å². The maximum atomic E-state index is 12.5. The molecular weight excluding hydrogens is 316 g/mol. The van der Waals surface area contributed by atoms with Crippen molar-refractivity contribution in [2.24, 2.45) is 0 Å². The van der Waals surface area contributed by atoms with E-state index in [-0.39, 0.29) is 5.91 Å². The van der Waals surface area contributed by atoms with E-state index in [1.165, 1.54) is 11.3 Å². The van der Waals surface area contributed by atoms with E-state index < -0.39 is 0 Å². The summed E-state index contributed by atoms with van der Waals surface area (Å²) in [5.74, 6) is -0.0874. The van der Waals surface area contributed by atoms with Crippen LogP contribution >= 0.6 is 11.3 Å². The van der Waals surface area contributed by atoms with Gasteiger partial charge in [0.1, 0.15) is 0 Å². The Morgan fingerprint density at radius 1 is 0.875 bits per heavy atom. The van der Waals surface area contributed by atoms with Crippen LogP contribution in [-0.4, -0.2) is 10.9 Å². The molecule has 0 saturated heterocycles. The molecule has 116 valence electrons. The summed E-state index contributed by atoms with van der Waals surface area (Å²) in [5.41, 5.74) is 1.87. The quantitative estimate of drug-likeness (QED) is 0.560. The van der Waals surface area contributed by atoms with E-state index in [2.05, 4.69) is 16.4 Å². The van der Waals surface area contributed by atoms with Gasteiger partial charge in [0.2, 0.25) is 0 Å². The summed E-state index contributed by atoms with van der Waals surface area (Å²) in [6.07, 6.45) is 3.51. The monoisotopic (exact) mass is 330 g/mol. The molecule has 0 atom stereocenters. The number of nitrogens with one attached hydrogen (secondary N) is 1. The standard InChI is InChI=1S/C20H14N2OS/c23-20(19-8-7-18(24-19)15-9-11-21-12-10-15)22-17-6-5-14-3-1-2-4-16(14)13-17/h1-13H,(H,22,23). The van der Waals surface area contributed by atoms with Crippen molar-refractivity contribution in [1.82, 2.24) is 4.98 Å². The number of hydrogen-bond donors (Lipinski definition) is 1. The maximum absolute atomic E-state index is 12.5. The van der Waals surface area contributed by atoms with Gasteiger partial charge in [-0.15, -0.1) is 11.3 Å². The molecular formula is C20H14N2OS. The zero-order valence-electron chi connectivity index (χ0n) is 12.8. The number of anilines is 1. The molecule has 1 N–H and O–H groups in total. The first-order valence-electron chi connectivity index (χ1n) is 7.60. The molecule has 0 saturated carbocycles. The van der Waals surface area contributed by atoms with Crippen molar-refractivity contribution in [3.63, 3.8) is 0 Å². The van der Waals surface area contributed by atoms with Crippen LogP contribution in [0.5, 0.6) is 0 Å². The number of carbonyl (C=O) groups excluding carboxylic acids is 1. The Morgan fingerprint density at radius 3 is 2.50 bits per heavy atom. The van der Waals surface area contributed by atoms with Crippen molar-refractivity contribution < 1.29 is 4.79 Å². The first-order valence-corrected chi connectivity index (χ1v) is 8.42. The lowest BCUT2D eigenvalue weighted by molar-refractivity contribution is 0.103. The largest absolute Gasteiger partial charge is 0.321 e. The predicted octanol–water partition coefficient (Wildman–Crippen LogP) is 5.22. The number of thiophene rings is 1. The molecule has 2 heterocycles. The zero-order valence-corrected chi connectivity index (χ0v) is 13.6. The van der Waals surface area contributed by atoms with Crippen molar-refractivity contribution in [2.75, 3.05) is 5.32 Å². The first-order chi connectivity index (χ1) is 11.8. The molecule has 0 aliphatic heterocycles. The smallest absolute Gasteiger partial charge is 0.265 e. The summed E-state index contributed by atoms with van der Waals surface area (Å²) >= 11 is 1.48. The first kappa shape index (κ1) is 14.6. The van der Waals surface area contributed by atoms with Crippen LogP contribution in [0.25, 0.3) is 21.2 Å². The number of rotatable bonds is 3. The molecule has 3 nitrogen and oxygen atoms in total. The minimum atomic E-state index is -0.0874. The van der Waals surface area contributed by atoms with Crippen LogP contribution in [-0.2, 0) is 0 Å². The molecule has 2 aromatic carbocycles. The van der Waals surface area contributed by atoms with Gasteiger partial charge in [0, 0.05) is 23.0 Å². The van der Waals surface area contributed by atoms with E-state index in [0.29, 0.717) is 4.88 Å². The molecule has 1 amide bonds. The molecule has 2 aromatic heterocycles. The van der Waals surface area contributed by atoms with Crippen molar-refractivity contribution in [3.05, 3.63) is 84.0 Å². The Kier molecular flexibility index (Phi) is 3.81. The third kappa shape index (κ3) is 2.92. The van der Waals surface area contributed by atoms with E-state index in [4.69, 9.17) is 0 Å². The van der Waals surface area contributed by atoms with E-state index >= 15 is 0 Å². The Morgan fingerprint density at radius 2 is 1.67 bits per heavy atom. The topological polar surface area (TPSA) is 42.0 Å². The second kappa shape index (κ2) is 6.26. The van der Waals surface area contributed by atoms with Gasteiger partial charge in [0.15, 0.2) is 0 Å². The lowest BCUT2D eigenvalue weighted by Gasteiger charge is -2.05. The third-order valence-corrected chi connectivity index (χ3v) is 4.94. The second-order valence-corrected chi connectivity index (χ2v) is 6.50. The number of fused-ring (bicyclic) bond motifs is 1. The second-order valence-electron chi connectivity index (χ2n) is 5.42. The number of pyridine rings is 1. The number of hydrogen-bond acceptors (Lipinski definition) is 3. The van der Waals surface area contributed by atoms with E-state index in [1.807, 2.05) is 60.7 Å². The van der Waals surface area contributed by atoms with Gasteiger partial charge in [-0.05, 0) is 52.7 Å². The third-order valence-electron chi connectivity index (χ3n) is 3.80. The van der Waals surface area contributed by atoms with Crippen LogP contribution in [0.2, 0.25) is 0 Å². The van der Waals surface area contributed by atoms with Gasteiger partial charge in [-0.25, -0.2) is 0 Å². The van der Waals surface area contributed by atoms with Crippen LogP contribution in [0.3, 0.4) is 0 Å². The van der Waals surface area contributed by atoms with Crippen LogP contribution in [0, 0.1) is 0 Å². The average Bonchev–Trinajstić information content (AvgIpc) is 3.13. The SMILES string of the molecule is O=C(Nc1ccc2ccccc2c1)c1ccc(-c2ccncc2)s1. The highest BCUT2D eigenvalue weighted by Crippen LogP contribution is 2.28. The number of aromatic nitrogens is 1. The van der Waals surface area contributed by atoms with Crippen molar-refractivity contribution in [1.29, 1.82) is 0 Å². The van der Waals surface area contributed by atoms with Crippen LogP contribution in [0.4, 0.5) is 5.69 Å². The Balaban J connectivity index is 1.56. The highest BCUT2D eigenvalue weighted by molar-refractivity contribution is 7.17. The fourth-order valence-corrected chi connectivity index (χ4v) is 3.50. The highest BCUT2D eigenvalue weighted by atomic mass is 32.1. The molecule has 4 heteroatoms. The summed E-state index contributed by atoms with van der Waals surface area (Å²) in [6.45, 7) is 0. The lowest BCUT2D eigenvalue weighted by Crippen LogP contribution is -2.09. The van der Waals surface area contributed by atoms with Gasteiger partial charge in [-0.3, -0.25) is 9.78 Å². The number of nitrogens with zero attached hydrogens (tertiary/aromatic N) is 1. The van der Waals surface area contributed by atoms with Gasteiger partial charge in [0.05, 0.1) is 4.88 Å². The van der Waals surface area contributed by atoms with Gasteiger partial charge in [0.25, 0.3) is 5.91 Å². The summed E-state index contributed by atoms with van der Waals surface area (Å²) in [6, 6.07) is 21.7. The summed E-state index contributed by atoms with van der Waals surface area (Å²) < 4.78 is 0. The molecule has 0 aliphatic rings. The molecule has 0 radical (unpaired) electrons. The molecule has 4 rings (SSSR count). The normalized spacial score (nSPS) is 10.7. The van der Waals surface area contributed by atoms with Gasteiger partial charge >= 0.3 is 0 Å². The van der Waals surface area contributed by atoms with Gasteiger partial charge in [-0.2, -0.15) is 0 Å². The maximum Gasteiger partial charge on any atom is 0.265 e. The van der Waals surface area contributed by atoms with Crippen LogP contribution in [0.15, 0.2) is 79.1 Å². The highest BCUT2D eigenvalue weighted by Gasteiger charge is 2.11. The van der Waals surface area contributed by atoms with Gasteiger partial charge in [-0.1, -0.05) is 30.3 Å². The van der Waals surface area contributed by atoms with Crippen molar-refractivity contribution >= 4 is 33.7 Å². The summed E-state index contributed by atoms with van der Waals surface area (Å²) in [4.78, 5) is 18.2. The fourth-order valence-electron chi connectivity index (χ4n) is 2.59. The Labute approximate surface area is 143 Å². The summed E-state index contributed by atoms with van der Waals surface area (Å²) in [5, 5.41) is 5.24. The summed E-state index contributed by atoms with van der Waals surface area (Å²) in [7, 11) is 0. The molecule has 0 fully saturated rings. The van der Waals surface area contributed by atoms with Crippen LogP contribution in [0.1, 0.15) is 9.67 Å².